The van der Waals surface area contributed by atoms with Crippen LogP contribution >= 0.6 is 11.6 Å². The SMILES string of the molecule is Cc1cc(Cl)c(NC(=O)c2ccc3nccn3c2)c2cccnc12. The minimum Gasteiger partial charge on any atom is -0.320 e. The van der Waals surface area contributed by atoms with Crippen molar-refractivity contribution in [1.82, 2.24) is 14.4 Å². The third-order valence-electron chi connectivity index (χ3n) is 3.92. The molecule has 0 saturated carbocycles. The summed E-state index contributed by atoms with van der Waals surface area (Å²) in [5.74, 6) is -0.235. The van der Waals surface area contributed by atoms with Crippen molar-refractivity contribution in [3.63, 3.8) is 0 Å². The van der Waals surface area contributed by atoms with Crippen LogP contribution in [0.1, 0.15) is 15.9 Å². The normalized spacial score (nSPS) is 11.1. The van der Waals surface area contributed by atoms with E-state index in [1.54, 1.807) is 41.3 Å². The Balaban J connectivity index is 1.77. The fourth-order valence-electron chi connectivity index (χ4n) is 2.75. The van der Waals surface area contributed by atoms with Crippen LogP contribution in [0.4, 0.5) is 5.69 Å². The van der Waals surface area contributed by atoms with E-state index in [1.165, 1.54) is 0 Å². The van der Waals surface area contributed by atoms with E-state index < -0.39 is 0 Å². The lowest BCUT2D eigenvalue weighted by Gasteiger charge is -2.12. The maximum Gasteiger partial charge on any atom is 0.257 e. The first-order chi connectivity index (χ1) is 11.6. The van der Waals surface area contributed by atoms with Crippen molar-refractivity contribution in [2.24, 2.45) is 0 Å². The number of hydrogen-bond donors (Lipinski definition) is 1. The third kappa shape index (κ3) is 2.39. The Morgan fingerprint density at radius 3 is 2.96 bits per heavy atom. The zero-order chi connectivity index (χ0) is 16.7. The predicted molar refractivity (Wildman–Crippen MR) is 94.6 cm³/mol. The molecule has 6 heteroatoms. The fourth-order valence-corrected chi connectivity index (χ4v) is 3.06. The molecule has 4 aromatic rings. The molecule has 0 spiro atoms. The van der Waals surface area contributed by atoms with E-state index >= 15 is 0 Å². The largest absolute Gasteiger partial charge is 0.320 e. The third-order valence-corrected chi connectivity index (χ3v) is 4.22. The van der Waals surface area contributed by atoms with Gasteiger partial charge >= 0.3 is 0 Å². The first-order valence-corrected chi connectivity index (χ1v) is 7.79. The molecule has 118 valence electrons. The summed E-state index contributed by atoms with van der Waals surface area (Å²) < 4.78 is 1.80. The van der Waals surface area contributed by atoms with E-state index in [0.717, 1.165) is 22.1 Å². The number of pyridine rings is 2. The van der Waals surface area contributed by atoms with E-state index in [9.17, 15) is 4.79 Å². The molecule has 0 saturated heterocycles. The average molecular weight is 337 g/mol. The van der Waals surface area contributed by atoms with Crippen LogP contribution in [0.2, 0.25) is 5.02 Å². The molecule has 0 aliphatic heterocycles. The van der Waals surface area contributed by atoms with Gasteiger partial charge in [-0.1, -0.05) is 11.6 Å². The number of imidazole rings is 1. The van der Waals surface area contributed by atoms with E-state index in [4.69, 9.17) is 11.6 Å². The second-order valence-electron chi connectivity index (χ2n) is 5.51. The number of aromatic nitrogens is 3. The second-order valence-corrected chi connectivity index (χ2v) is 5.92. The van der Waals surface area contributed by atoms with Gasteiger partial charge in [0.15, 0.2) is 0 Å². The summed E-state index contributed by atoms with van der Waals surface area (Å²) in [7, 11) is 0. The van der Waals surface area contributed by atoms with Gasteiger partial charge in [-0.25, -0.2) is 4.98 Å². The Labute approximate surface area is 142 Å². The average Bonchev–Trinajstić information content (AvgIpc) is 3.06. The molecule has 0 aliphatic rings. The molecular formula is C18H13ClN4O. The van der Waals surface area contributed by atoms with E-state index in [-0.39, 0.29) is 5.91 Å². The zero-order valence-corrected chi connectivity index (χ0v) is 13.6. The summed E-state index contributed by atoms with van der Waals surface area (Å²) >= 11 is 6.36. The Bertz CT molecular complexity index is 1090. The zero-order valence-electron chi connectivity index (χ0n) is 12.8. The van der Waals surface area contributed by atoms with Crippen LogP contribution in [-0.2, 0) is 0 Å². The highest BCUT2D eigenvalue weighted by atomic mass is 35.5. The minimum absolute atomic E-state index is 0.235. The van der Waals surface area contributed by atoms with Crippen molar-refractivity contribution in [2.75, 3.05) is 5.32 Å². The van der Waals surface area contributed by atoms with Gasteiger partial charge in [-0.3, -0.25) is 9.78 Å². The van der Waals surface area contributed by atoms with Crippen LogP contribution in [0.25, 0.3) is 16.6 Å². The lowest BCUT2D eigenvalue weighted by Crippen LogP contribution is -2.13. The van der Waals surface area contributed by atoms with Crippen molar-refractivity contribution in [3.8, 4) is 0 Å². The molecule has 1 amide bonds. The van der Waals surface area contributed by atoms with Crippen molar-refractivity contribution in [3.05, 3.63) is 71.3 Å². The van der Waals surface area contributed by atoms with Gasteiger partial charge in [0.2, 0.25) is 0 Å². The van der Waals surface area contributed by atoms with Gasteiger partial charge in [0.25, 0.3) is 5.91 Å². The molecule has 3 heterocycles. The summed E-state index contributed by atoms with van der Waals surface area (Å²) in [4.78, 5) is 21.2. The lowest BCUT2D eigenvalue weighted by molar-refractivity contribution is 0.102. The smallest absolute Gasteiger partial charge is 0.257 e. The first kappa shape index (κ1) is 14.7. The summed E-state index contributed by atoms with van der Waals surface area (Å²) in [6, 6.07) is 9.07. The second kappa shape index (κ2) is 5.62. The van der Waals surface area contributed by atoms with Crippen molar-refractivity contribution >= 4 is 39.7 Å². The van der Waals surface area contributed by atoms with Gasteiger partial charge in [-0.15, -0.1) is 0 Å². The first-order valence-electron chi connectivity index (χ1n) is 7.41. The number of benzene rings is 1. The molecule has 0 fully saturated rings. The van der Waals surface area contributed by atoms with Crippen molar-refractivity contribution in [1.29, 1.82) is 0 Å². The molecular weight excluding hydrogens is 324 g/mol. The van der Waals surface area contributed by atoms with E-state index in [1.807, 2.05) is 25.1 Å². The number of fused-ring (bicyclic) bond motifs is 2. The number of amides is 1. The molecule has 5 nitrogen and oxygen atoms in total. The molecule has 0 unspecified atom stereocenters. The number of halogens is 1. The topological polar surface area (TPSA) is 59.3 Å². The summed E-state index contributed by atoms with van der Waals surface area (Å²) in [5, 5.41) is 4.22. The van der Waals surface area contributed by atoms with Crippen LogP contribution in [-0.4, -0.2) is 20.3 Å². The summed E-state index contributed by atoms with van der Waals surface area (Å²) in [6.07, 6.45) is 6.94. The molecule has 24 heavy (non-hydrogen) atoms. The quantitative estimate of drug-likeness (QED) is 0.599. The van der Waals surface area contributed by atoms with Gasteiger partial charge in [0, 0.05) is 30.2 Å². The number of hydrogen-bond acceptors (Lipinski definition) is 3. The van der Waals surface area contributed by atoms with Crippen molar-refractivity contribution in [2.45, 2.75) is 6.92 Å². The van der Waals surface area contributed by atoms with Gasteiger partial charge in [-0.2, -0.15) is 0 Å². The van der Waals surface area contributed by atoms with Crippen LogP contribution in [0.5, 0.6) is 0 Å². The Kier molecular flexibility index (Phi) is 3.43. The Hall–Kier alpha value is -2.92. The van der Waals surface area contributed by atoms with Gasteiger partial charge in [-0.05, 0) is 42.8 Å². The number of nitrogens with zero attached hydrogens (tertiary/aromatic N) is 3. The van der Waals surface area contributed by atoms with Gasteiger partial charge < -0.3 is 9.72 Å². The van der Waals surface area contributed by atoms with Crippen LogP contribution in [0, 0.1) is 6.92 Å². The maximum absolute atomic E-state index is 12.6. The fraction of sp³-hybridized carbons (Fsp3) is 0.0556. The molecule has 1 aromatic carbocycles. The molecule has 4 rings (SSSR count). The molecule has 1 N–H and O–H groups in total. The number of carbonyl (C=O) groups is 1. The molecule has 0 aliphatic carbocycles. The summed E-state index contributed by atoms with van der Waals surface area (Å²) in [6.45, 7) is 1.94. The molecule has 0 bridgehead atoms. The number of anilines is 1. The van der Waals surface area contributed by atoms with Gasteiger partial charge in [0.1, 0.15) is 5.65 Å². The van der Waals surface area contributed by atoms with Crippen LogP contribution < -0.4 is 5.32 Å². The standard InChI is InChI=1S/C18H13ClN4O/c1-11-9-14(19)17(13-3-2-6-21-16(11)13)22-18(24)12-4-5-15-20-7-8-23(15)10-12/h2-10H,1H3,(H,22,24). The van der Waals surface area contributed by atoms with Crippen LogP contribution in [0.3, 0.4) is 0 Å². The number of nitrogens with one attached hydrogen (secondary N) is 1. The van der Waals surface area contributed by atoms with Crippen LogP contribution in [0.15, 0.2) is 55.1 Å². The lowest BCUT2D eigenvalue weighted by atomic mass is 10.1. The highest BCUT2D eigenvalue weighted by molar-refractivity contribution is 6.36. The number of rotatable bonds is 2. The molecule has 0 radical (unpaired) electrons. The Morgan fingerprint density at radius 2 is 2.08 bits per heavy atom. The van der Waals surface area contributed by atoms with E-state index in [2.05, 4.69) is 15.3 Å². The predicted octanol–water partition coefficient (Wildman–Crippen LogP) is 4.10. The van der Waals surface area contributed by atoms with Gasteiger partial charge in [0.05, 0.1) is 21.8 Å². The van der Waals surface area contributed by atoms with E-state index in [0.29, 0.717) is 16.3 Å². The molecule has 0 atom stereocenters. The number of carbonyl (C=O) groups excluding carboxylic acids is 1. The highest BCUT2D eigenvalue weighted by Gasteiger charge is 2.14. The number of aryl methyl sites for hydroxylation is 1. The monoisotopic (exact) mass is 336 g/mol. The minimum atomic E-state index is -0.235. The molecule has 3 aromatic heterocycles. The Morgan fingerprint density at radius 1 is 1.21 bits per heavy atom. The highest BCUT2D eigenvalue weighted by Crippen LogP contribution is 2.32. The maximum atomic E-state index is 12.6. The van der Waals surface area contributed by atoms with Crippen molar-refractivity contribution < 1.29 is 4.79 Å². The summed E-state index contributed by atoms with van der Waals surface area (Å²) in [5.41, 5.74) is 3.67.